The fourth-order valence-corrected chi connectivity index (χ4v) is 2.53. The number of amides is 1. The summed E-state index contributed by atoms with van der Waals surface area (Å²) in [6.07, 6.45) is 0. The second-order valence-corrected chi connectivity index (χ2v) is 5.52. The molecule has 0 bridgehead atoms. The molecule has 6 nitrogen and oxygen atoms in total. The van der Waals surface area contributed by atoms with Crippen LogP contribution in [0.3, 0.4) is 0 Å². The van der Waals surface area contributed by atoms with Crippen LogP contribution in [0.25, 0.3) is 11.0 Å². The van der Waals surface area contributed by atoms with Crippen molar-refractivity contribution in [3.05, 3.63) is 64.0 Å². The number of methoxy groups -OCH3 is 1. The lowest BCUT2D eigenvalue weighted by Crippen LogP contribution is -2.20. The third-order valence-corrected chi connectivity index (χ3v) is 3.71. The second kappa shape index (κ2) is 7.27. The number of carbonyl (C=O) groups is 1. The van der Waals surface area contributed by atoms with Gasteiger partial charge in [-0.25, -0.2) is 4.79 Å². The smallest absolute Gasteiger partial charge is 0.336 e. The zero-order chi connectivity index (χ0) is 17.8. The highest BCUT2D eigenvalue weighted by atomic mass is 35.5. The summed E-state index contributed by atoms with van der Waals surface area (Å²) in [5.41, 5.74) is 0.394. The minimum Gasteiger partial charge on any atom is -0.493 e. The van der Waals surface area contributed by atoms with Crippen LogP contribution in [0.1, 0.15) is 0 Å². The maximum Gasteiger partial charge on any atom is 0.336 e. The molecule has 3 rings (SSSR count). The van der Waals surface area contributed by atoms with E-state index in [1.165, 1.54) is 13.2 Å². The lowest BCUT2D eigenvalue weighted by atomic mass is 10.2. The lowest BCUT2D eigenvalue weighted by Gasteiger charge is -2.12. The first-order valence-electron chi connectivity index (χ1n) is 7.36. The maximum atomic E-state index is 12.1. The number of rotatable bonds is 5. The van der Waals surface area contributed by atoms with Crippen molar-refractivity contribution in [1.82, 2.24) is 0 Å². The first kappa shape index (κ1) is 16.9. The third kappa shape index (κ3) is 3.92. The van der Waals surface area contributed by atoms with Crippen molar-refractivity contribution in [3.63, 3.8) is 0 Å². The average Bonchev–Trinajstić information content (AvgIpc) is 2.60. The first-order chi connectivity index (χ1) is 12.1. The summed E-state index contributed by atoms with van der Waals surface area (Å²) in [5.74, 6) is 0.412. The molecule has 0 aliphatic rings. The Hall–Kier alpha value is -2.99. The van der Waals surface area contributed by atoms with Crippen LogP contribution in [-0.2, 0) is 4.79 Å². The van der Waals surface area contributed by atoms with E-state index in [1.54, 1.807) is 42.5 Å². The minimum atomic E-state index is -0.449. The molecule has 25 heavy (non-hydrogen) atoms. The fraction of sp³-hybridized carbons (Fsp3) is 0.111. The molecule has 7 heteroatoms. The van der Waals surface area contributed by atoms with Crippen LogP contribution in [0.5, 0.6) is 11.5 Å². The summed E-state index contributed by atoms with van der Waals surface area (Å²) in [6, 6.07) is 13.0. The number of benzene rings is 2. The molecule has 0 aliphatic heterocycles. The highest BCUT2D eigenvalue weighted by Crippen LogP contribution is 2.32. The molecule has 128 valence electrons. The van der Waals surface area contributed by atoms with Crippen molar-refractivity contribution in [2.45, 2.75) is 0 Å². The van der Waals surface area contributed by atoms with Crippen molar-refractivity contribution in [3.8, 4) is 11.5 Å². The third-order valence-electron chi connectivity index (χ3n) is 3.41. The monoisotopic (exact) mass is 359 g/mol. The van der Waals surface area contributed by atoms with E-state index >= 15 is 0 Å². The number of anilines is 1. The maximum absolute atomic E-state index is 12.1. The largest absolute Gasteiger partial charge is 0.493 e. The lowest BCUT2D eigenvalue weighted by molar-refractivity contribution is -0.118. The Balaban J connectivity index is 1.68. The molecule has 0 fully saturated rings. The fourth-order valence-electron chi connectivity index (χ4n) is 2.28. The van der Waals surface area contributed by atoms with Gasteiger partial charge in [-0.1, -0.05) is 17.7 Å². The summed E-state index contributed by atoms with van der Waals surface area (Å²) in [6.45, 7) is -0.224. The quantitative estimate of drug-likeness (QED) is 0.706. The van der Waals surface area contributed by atoms with Crippen LogP contribution >= 0.6 is 11.6 Å². The van der Waals surface area contributed by atoms with Crippen LogP contribution in [0, 0.1) is 0 Å². The van der Waals surface area contributed by atoms with Gasteiger partial charge in [-0.2, -0.15) is 0 Å². The summed E-state index contributed by atoms with van der Waals surface area (Å²) in [5, 5.41) is 3.83. The molecule has 1 heterocycles. The van der Waals surface area contributed by atoms with E-state index in [-0.39, 0.29) is 12.5 Å². The summed E-state index contributed by atoms with van der Waals surface area (Å²) in [4.78, 5) is 23.3. The van der Waals surface area contributed by atoms with Crippen LogP contribution in [0.15, 0.2) is 57.7 Å². The number of carbonyl (C=O) groups excluding carboxylic acids is 1. The summed E-state index contributed by atoms with van der Waals surface area (Å²) in [7, 11) is 1.47. The average molecular weight is 360 g/mol. The molecule has 0 aliphatic carbocycles. The molecule has 0 atom stereocenters. The van der Waals surface area contributed by atoms with Crippen molar-refractivity contribution >= 4 is 34.2 Å². The van der Waals surface area contributed by atoms with Crippen LogP contribution in [0.2, 0.25) is 5.02 Å². The van der Waals surface area contributed by atoms with Gasteiger partial charge >= 0.3 is 5.63 Å². The number of hydrogen-bond donors (Lipinski definition) is 1. The minimum absolute atomic E-state index is 0.224. The van der Waals surface area contributed by atoms with E-state index in [4.69, 9.17) is 25.5 Å². The molecule has 1 N–H and O–H groups in total. The molecule has 0 radical (unpaired) electrons. The molecule has 0 saturated heterocycles. The molecule has 3 aromatic rings. The summed E-state index contributed by atoms with van der Waals surface area (Å²) < 4.78 is 15.7. The Kier molecular flexibility index (Phi) is 4.90. The molecular formula is C18H14ClNO5. The van der Waals surface area contributed by atoms with Crippen molar-refractivity contribution in [2.24, 2.45) is 0 Å². The SMILES string of the molecule is COc1c(Cl)cccc1NC(=O)COc1ccc2ccc(=O)oc2c1. The predicted octanol–water partition coefficient (Wildman–Crippen LogP) is 3.47. The van der Waals surface area contributed by atoms with E-state index in [9.17, 15) is 9.59 Å². The van der Waals surface area contributed by atoms with Gasteiger partial charge in [0.05, 0.1) is 17.8 Å². The molecule has 1 aromatic heterocycles. The van der Waals surface area contributed by atoms with Gasteiger partial charge < -0.3 is 19.2 Å². The van der Waals surface area contributed by atoms with E-state index < -0.39 is 5.63 Å². The zero-order valence-corrected chi connectivity index (χ0v) is 14.0. The normalized spacial score (nSPS) is 10.5. The van der Waals surface area contributed by atoms with Gasteiger partial charge in [-0.05, 0) is 30.3 Å². The van der Waals surface area contributed by atoms with Gasteiger partial charge in [0, 0.05) is 17.5 Å². The topological polar surface area (TPSA) is 77.8 Å². The van der Waals surface area contributed by atoms with Gasteiger partial charge in [0.15, 0.2) is 12.4 Å². The Morgan fingerprint density at radius 1 is 1.20 bits per heavy atom. The molecule has 0 unspecified atom stereocenters. The second-order valence-electron chi connectivity index (χ2n) is 5.11. The first-order valence-corrected chi connectivity index (χ1v) is 7.73. The summed E-state index contributed by atoms with van der Waals surface area (Å²) >= 11 is 6.01. The highest BCUT2D eigenvalue weighted by Gasteiger charge is 2.11. The van der Waals surface area contributed by atoms with Crippen molar-refractivity contribution in [1.29, 1.82) is 0 Å². The number of nitrogens with one attached hydrogen (secondary N) is 1. The molecule has 2 aromatic carbocycles. The number of para-hydroxylation sites is 1. The highest BCUT2D eigenvalue weighted by molar-refractivity contribution is 6.32. The van der Waals surface area contributed by atoms with E-state index in [1.807, 2.05) is 0 Å². The molecule has 1 amide bonds. The predicted molar refractivity (Wildman–Crippen MR) is 94.6 cm³/mol. The zero-order valence-electron chi connectivity index (χ0n) is 13.2. The van der Waals surface area contributed by atoms with Gasteiger partial charge in [0.1, 0.15) is 11.3 Å². The Bertz CT molecular complexity index is 983. The van der Waals surface area contributed by atoms with Gasteiger partial charge in [-0.15, -0.1) is 0 Å². The standard InChI is InChI=1S/C18H14ClNO5/c1-23-18-13(19)3-2-4-14(18)20-16(21)10-24-12-7-5-11-6-8-17(22)25-15(11)9-12/h2-9H,10H2,1H3,(H,20,21). The van der Waals surface area contributed by atoms with Gasteiger partial charge in [-0.3, -0.25) is 4.79 Å². The number of ether oxygens (including phenoxy) is 2. The molecular weight excluding hydrogens is 346 g/mol. The Morgan fingerprint density at radius 2 is 2.00 bits per heavy atom. The Morgan fingerprint density at radius 3 is 2.80 bits per heavy atom. The number of fused-ring (bicyclic) bond motifs is 1. The van der Waals surface area contributed by atoms with E-state index in [0.717, 1.165) is 5.39 Å². The van der Waals surface area contributed by atoms with Crippen molar-refractivity contribution < 1.29 is 18.7 Å². The van der Waals surface area contributed by atoms with Crippen LogP contribution in [0.4, 0.5) is 5.69 Å². The van der Waals surface area contributed by atoms with Crippen LogP contribution < -0.4 is 20.4 Å². The Labute approximate surface area is 147 Å². The van der Waals surface area contributed by atoms with Gasteiger partial charge in [0.2, 0.25) is 0 Å². The molecule has 0 saturated carbocycles. The van der Waals surface area contributed by atoms with E-state index in [0.29, 0.717) is 27.8 Å². The molecule has 0 spiro atoms. The van der Waals surface area contributed by atoms with Crippen molar-refractivity contribution in [2.75, 3.05) is 19.0 Å². The van der Waals surface area contributed by atoms with Crippen LogP contribution in [-0.4, -0.2) is 19.6 Å². The number of halogens is 1. The van der Waals surface area contributed by atoms with Gasteiger partial charge in [0.25, 0.3) is 5.91 Å². The number of hydrogen-bond acceptors (Lipinski definition) is 5. The van der Waals surface area contributed by atoms with E-state index in [2.05, 4.69) is 5.32 Å².